The van der Waals surface area contributed by atoms with E-state index in [2.05, 4.69) is 137 Å². The lowest BCUT2D eigenvalue weighted by Gasteiger charge is -2.15. The standard InChI is InChI=1S/C34H30/c1-23-10-8-9-13-31(23)33-22-30(17-15-24(33)2)28-18-19-32(26(4)20-28)34-21-29(16-14-25(34)3)27-11-6-5-7-12-27/h5-22H,1-4H3. The van der Waals surface area contributed by atoms with Gasteiger partial charge in [0.15, 0.2) is 0 Å². The Labute approximate surface area is 203 Å². The minimum absolute atomic E-state index is 1.25. The molecule has 0 aliphatic carbocycles. The second kappa shape index (κ2) is 9.15. The summed E-state index contributed by atoms with van der Waals surface area (Å²) in [5, 5.41) is 0. The zero-order valence-electron chi connectivity index (χ0n) is 20.4. The molecule has 0 saturated carbocycles. The molecular formula is C34H30. The van der Waals surface area contributed by atoms with Crippen LogP contribution in [0, 0.1) is 27.7 Å². The molecule has 0 fully saturated rings. The van der Waals surface area contributed by atoms with Crippen LogP contribution < -0.4 is 0 Å². The van der Waals surface area contributed by atoms with Gasteiger partial charge in [0.2, 0.25) is 0 Å². The lowest BCUT2D eigenvalue weighted by molar-refractivity contribution is 1.39. The zero-order chi connectivity index (χ0) is 23.7. The molecule has 0 spiro atoms. The summed E-state index contributed by atoms with van der Waals surface area (Å²) in [4.78, 5) is 0. The monoisotopic (exact) mass is 438 g/mol. The smallest absolute Gasteiger partial charge is 0.0146 e. The van der Waals surface area contributed by atoms with E-state index in [0.29, 0.717) is 0 Å². The highest BCUT2D eigenvalue weighted by atomic mass is 14.2. The van der Waals surface area contributed by atoms with Crippen molar-refractivity contribution in [3.05, 3.63) is 131 Å². The number of hydrogen-bond donors (Lipinski definition) is 0. The van der Waals surface area contributed by atoms with E-state index < -0.39 is 0 Å². The van der Waals surface area contributed by atoms with Gasteiger partial charge in [-0.2, -0.15) is 0 Å². The molecule has 0 heteroatoms. The topological polar surface area (TPSA) is 0 Å². The molecule has 0 aromatic heterocycles. The Hall–Kier alpha value is -3.90. The van der Waals surface area contributed by atoms with Crippen LogP contribution in [0.4, 0.5) is 0 Å². The first-order valence-corrected chi connectivity index (χ1v) is 12.0. The van der Waals surface area contributed by atoms with Crippen molar-refractivity contribution in [2.45, 2.75) is 27.7 Å². The van der Waals surface area contributed by atoms with Gasteiger partial charge in [0.25, 0.3) is 0 Å². The van der Waals surface area contributed by atoms with Gasteiger partial charge in [-0.3, -0.25) is 0 Å². The third-order valence-corrected chi connectivity index (χ3v) is 6.87. The van der Waals surface area contributed by atoms with Gasteiger partial charge in [-0.1, -0.05) is 97.1 Å². The minimum Gasteiger partial charge on any atom is -0.0622 e. The Kier molecular flexibility index (Phi) is 5.90. The van der Waals surface area contributed by atoms with Gasteiger partial charge in [-0.25, -0.2) is 0 Å². The van der Waals surface area contributed by atoms with Gasteiger partial charge in [0.1, 0.15) is 0 Å². The van der Waals surface area contributed by atoms with Crippen LogP contribution in [0.25, 0.3) is 44.5 Å². The van der Waals surface area contributed by atoms with E-state index in [1.807, 2.05) is 0 Å². The molecule has 34 heavy (non-hydrogen) atoms. The Morgan fingerprint density at radius 2 is 0.765 bits per heavy atom. The summed E-state index contributed by atoms with van der Waals surface area (Å²) < 4.78 is 0. The molecule has 0 aliphatic heterocycles. The van der Waals surface area contributed by atoms with Crippen molar-refractivity contribution in [1.82, 2.24) is 0 Å². The maximum atomic E-state index is 2.34. The van der Waals surface area contributed by atoms with Crippen LogP contribution in [-0.2, 0) is 0 Å². The fraction of sp³-hybridized carbons (Fsp3) is 0.118. The van der Waals surface area contributed by atoms with Crippen molar-refractivity contribution in [3.63, 3.8) is 0 Å². The van der Waals surface area contributed by atoms with E-state index in [0.717, 1.165) is 0 Å². The van der Waals surface area contributed by atoms with Crippen molar-refractivity contribution in [1.29, 1.82) is 0 Å². The van der Waals surface area contributed by atoms with Gasteiger partial charge in [0, 0.05) is 0 Å². The van der Waals surface area contributed by atoms with Crippen LogP contribution in [0.3, 0.4) is 0 Å². The van der Waals surface area contributed by atoms with Crippen LogP contribution in [-0.4, -0.2) is 0 Å². The maximum absolute atomic E-state index is 2.34. The molecule has 0 unspecified atom stereocenters. The molecule has 0 saturated heterocycles. The predicted octanol–water partition coefficient (Wildman–Crippen LogP) is 9.59. The molecule has 0 amide bonds. The van der Waals surface area contributed by atoms with E-state index in [4.69, 9.17) is 0 Å². The molecule has 0 bridgehead atoms. The Morgan fingerprint density at radius 1 is 0.294 bits per heavy atom. The molecule has 5 aromatic carbocycles. The molecule has 166 valence electrons. The van der Waals surface area contributed by atoms with E-state index in [9.17, 15) is 0 Å². The Balaban J connectivity index is 1.55. The van der Waals surface area contributed by atoms with Crippen molar-refractivity contribution in [3.8, 4) is 44.5 Å². The normalized spacial score (nSPS) is 10.9. The van der Waals surface area contributed by atoms with Gasteiger partial charge in [0.05, 0.1) is 0 Å². The first-order chi connectivity index (χ1) is 16.5. The highest BCUT2D eigenvalue weighted by Crippen LogP contribution is 2.35. The summed E-state index contributed by atoms with van der Waals surface area (Å²) in [5.41, 5.74) is 15.4. The molecule has 0 heterocycles. The van der Waals surface area contributed by atoms with E-state index >= 15 is 0 Å². The average Bonchev–Trinajstić information content (AvgIpc) is 2.86. The van der Waals surface area contributed by atoms with E-state index in [1.54, 1.807) is 0 Å². The number of hydrogen-bond acceptors (Lipinski definition) is 0. The second-order valence-corrected chi connectivity index (χ2v) is 9.27. The number of aryl methyl sites for hydroxylation is 4. The molecule has 5 rings (SSSR count). The van der Waals surface area contributed by atoms with E-state index in [-0.39, 0.29) is 0 Å². The lowest BCUT2D eigenvalue weighted by Crippen LogP contribution is -1.91. The first-order valence-electron chi connectivity index (χ1n) is 12.0. The summed E-state index contributed by atoms with van der Waals surface area (Å²) in [6.45, 7) is 8.81. The summed E-state index contributed by atoms with van der Waals surface area (Å²) in [5.74, 6) is 0. The summed E-state index contributed by atoms with van der Waals surface area (Å²) in [7, 11) is 0. The molecular weight excluding hydrogens is 408 g/mol. The predicted molar refractivity (Wildman–Crippen MR) is 147 cm³/mol. The third-order valence-electron chi connectivity index (χ3n) is 6.87. The van der Waals surface area contributed by atoms with Crippen LogP contribution in [0.1, 0.15) is 22.3 Å². The summed E-state index contributed by atoms with van der Waals surface area (Å²) >= 11 is 0. The largest absolute Gasteiger partial charge is 0.0622 e. The van der Waals surface area contributed by atoms with Gasteiger partial charge >= 0.3 is 0 Å². The van der Waals surface area contributed by atoms with Gasteiger partial charge < -0.3 is 0 Å². The SMILES string of the molecule is Cc1ccccc1-c1cc(-c2ccc(-c3cc(-c4ccccc4)ccc3C)c(C)c2)ccc1C. The van der Waals surface area contributed by atoms with Crippen molar-refractivity contribution >= 4 is 0 Å². The summed E-state index contributed by atoms with van der Waals surface area (Å²) in [6.07, 6.45) is 0. The fourth-order valence-corrected chi connectivity index (χ4v) is 4.83. The van der Waals surface area contributed by atoms with Crippen LogP contribution in [0.2, 0.25) is 0 Å². The van der Waals surface area contributed by atoms with Crippen LogP contribution in [0.15, 0.2) is 109 Å². The molecule has 0 nitrogen and oxygen atoms in total. The molecule has 0 radical (unpaired) electrons. The highest BCUT2D eigenvalue weighted by Gasteiger charge is 2.11. The Morgan fingerprint density at radius 3 is 1.38 bits per heavy atom. The highest BCUT2D eigenvalue weighted by molar-refractivity contribution is 5.81. The lowest BCUT2D eigenvalue weighted by atomic mass is 9.89. The number of rotatable bonds is 4. The first kappa shape index (κ1) is 21.9. The quantitative estimate of drug-likeness (QED) is 0.262. The maximum Gasteiger partial charge on any atom is -0.0146 e. The van der Waals surface area contributed by atoms with Crippen molar-refractivity contribution < 1.29 is 0 Å². The second-order valence-electron chi connectivity index (χ2n) is 9.27. The van der Waals surface area contributed by atoms with E-state index in [1.165, 1.54) is 66.8 Å². The Bertz CT molecular complexity index is 1470. The zero-order valence-corrected chi connectivity index (χ0v) is 20.4. The number of benzene rings is 5. The van der Waals surface area contributed by atoms with Crippen molar-refractivity contribution in [2.75, 3.05) is 0 Å². The van der Waals surface area contributed by atoms with Crippen molar-refractivity contribution in [2.24, 2.45) is 0 Å². The molecule has 0 aliphatic rings. The fourth-order valence-electron chi connectivity index (χ4n) is 4.83. The molecule has 0 N–H and O–H groups in total. The molecule has 0 atom stereocenters. The molecule has 5 aromatic rings. The summed E-state index contributed by atoms with van der Waals surface area (Å²) in [6, 6.07) is 39.7. The average molecular weight is 439 g/mol. The third kappa shape index (κ3) is 4.20. The van der Waals surface area contributed by atoms with Gasteiger partial charge in [-0.15, -0.1) is 0 Å². The minimum atomic E-state index is 1.25. The van der Waals surface area contributed by atoms with Gasteiger partial charge in [-0.05, 0) is 107 Å². The van der Waals surface area contributed by atoms with Crippen LogP contribution in [0.5, 0.6) is 0 Å². The van der Waals surface area contributed by atoms with Crippen LogP contribution >= 0.6 is 0 Å².